The molecule has 0 bridgehead atoms. The number of aliphatic hydroxyl groups is 1. The number of rotatable bonds is 14. The Bertz CT molecular complexity index is 1540. The van der Waals surface area contributed by atoms with Gasteiger partial charge < -0.3 is 19.7 Å². The lowest BCUT2D eigenvalue weighted by molar-refractivity contribution is 0.0786. The number of hydrogen-bond donors (Lipinski definition) is 2. The van der Waals surface area contributed by atoms with Gasteiger partial charge in [0.25, 0.3) is 0 Å². The van der Waals surface area contributed by atoms with Crippen molar-refractivity contribution in [2.45, 2.75) is 64.3 Å². The monoisotopic (exact) mass is 613 g/mol. The SMILES string of the molecule is CC(C)CN(C(Cc1ccccc1)C(O)CNC(=O)OCc1cncs1)S(=O)(=O)c1ccc2ncn(CC(C)C)c2c1. The molecule has 0 aliphatic rings. The first-order valence-corrected chi connectivity index (χ1v) is 16.3. The molecule has 0 aliphatic heterocycles. The number of ether oxygens (including phenoxy) is 1. The summed E-state index contributed by atoms with van der Waals surface area (Å²) in [6.07, 6.45) is 1.67. The second-order valence-electron chi connectivity index (χ2n) is 11.2. The number of imidazole rings is 1. The van der Waals surface area contributed by atoms with E-state index in [2.05, 4.69) is 29.1 Å². The van der Waals surface area contributed by atoms with Gasteiger partial charge in [0.2, 0.25) is 10.0 Å². The summed E-state index contributed by atoms with van der Waals surface area (Å²) in [7, 11) is -4.07. The molecule has 2 N–H and O–H groups in total. The maximum Gasteiger partial charge on any atom is 0.407 e. The van der Waals surface area contributed by atoms with Crippen LogP contribution in [-0.2, 0) is 34.3 Å². The number of carbonyl (C=O) groups excluding carboxylic acids is 1. The van der Waals surface area contributed by atoms with E-state index in [9.17, 15) is 18.3 Å². The number of aromatic nitrogens is 3. The highest BCUT2D eigenvalue weighted by Gasteiger charge is 2.37. The summed E-state index contributed by atoms with van der Waals surface area (Å²) in [6, 6.07) is 13.5. The predicted molar refractivity (Wildman–Crippen MR) is 164 cm³/mol. The minimum atomic E-state index is -4.07. The van der Waals surface area contributed by atoms with Gasteiger partial charge in [0, 0.05) is 25.8 Å². The van der Waals surface area contributed by atoms with E-state index in [-0.39, 0.29) is 36.9 Å². The molecule has 0 radical (unpaired) electrons. The van der Waals surface area contributed by atoms with Crippen LogP contribution in [0.25, 0.3) is 11.0 Å². The fourth-order valence-corrected chi connectivity index (χ4v) is 7.10. The minimum Gasteiger partial charge on any atom is -0.444 e. The molecule has 1 amide bonds. The molecule has 42 heavy (non-hydrogen) atoms. The van der Waals surface area contributed by atoms with Gasteiger partial charge in [-0.25, -0.2) is 18.2 Å². The van der Waals surface area contributed by atoms with Crippen LogP contribution in [0.3, 0.4) is 0 Å². The number of fused-ring (bicyclic) bond motifs is 1. The number of hydrogen-bond acceptors (Lipinski definition) is 8. The number of carbonyl (C=O) groups is 1. The van der Waals surface area contributed by atoms with Crippen LogP contribution < -0.4 is 5.32 Å². The fourth-order valence-electron chi connectivity index (χ4n) is 4.75. The number of aliphatic hydroxyl groups excluding tert-OH is 1. The second-order valence-corrected chi connectivity index (χ2v) is 14.0. The quantitative estimate of drug-likeness (QED) is 0.211. The van der Waals surface area contributed by atoms with Crippen LogP contribution in [0.5, 0.6) is 0 Å². The van der Waals surface area contributed by atoms with Crippen molar-refractivity contribution < 1.29 is 23.1 Å². The van der Waals surface area contributed by atoms with Crippen molar-refractivity contribution in [2.75, 3.05) is 13.1 Å². The van der Waals surface area contributed by atoms with Gasteiger partial charge in [-0.05, 0) is 42.0 Å². The molecule has 2 aromatic heterocycles. The van der Waals surface area contributed by atoms with Crippen molar-refractivity contribution in [2.24, 2.45) is 11.8 Å². The average Bonchev–Trinajstić information content (AvgIpc) is 3.62. The molecule has 4 aromatic rings. The van der Waals surface area contributed by atoms with Gasteiger partial charge in [-0.1, -0.05) is 58.0 Å². The van der Waals surface area contributed by atoms with E-state index in [1.807, 2.05) is 48.7 Å². The van der Waals surface area contributed by atoms with E-state index in [1.165, 1.54) is 15.6 Å². The van der Waals surface area contributed by atoms with E-state index in [4.69, 9.17) is 4.74 Å². The van der Waals surface area contributed by atoms with Crippen LogP contribution in [0.2, 0.25) is 0 Å². The van der Waals surface area contributed by atoms with Gasteiger partial charge >= 0.3 is 6.09 Å². The molecule has 0 aliphatic carbocycles. The van der Waals surface area contributed by atoms with Crippen LogP contribution in [0.15, 0.2) is 71.5 Å². The zero-order chi connectivity index (χ0) is 30.3. The summed E-state index contributed by atoms with van der Waals surface area (Å²) in [6.45, 7) is 8.80. The first-order chi connectivity index (χ1) is 20.0. The molecule has 12 heteroatoms. The zero-order valence-electron chi connectivity index (χ0n) is 24.4. The number of benzene rings is 2. The Hall–Kier alpha value is -3.32. The molecule has 2 atom stereocenters. The fraction of sp³-hybridized carbons (Fsp3) is 0.433. The summed E-state index contributed by atoms with van der Waals surface area (Å²) >= 11 is 1.37. The third-order valence-electron chi connectivity index (χ3n) is 6.69. The number of nitrogens with one attached hydrogen (secondary N) is 1. The normalized spacial score (nSPS) is 13.6. The third-order valence-corrected chi connectivity index (χ3v) is 9.33. The lowest BCUT2D eigenvalue weighted by Crippen LogP contribution is -2.52. The Morgan fingerprint density at radius 3 is 2.55 bits per heavy atom. The third kappa shape index (κ3) is 8.15. The Morgan fingerprint density at radius 1 is 1.12 bits per heavy atom. The van der Waals surface area contributed by atoms with Gasteiger partial charge in [-0.2, -0.15) is 4.31 Å². The molecular formula is C30H39N5O5S2. The lowest BCUT2D eigenvalue weighted by atomic mass is 10.0. The summed E-state index contributed by atoms with van der Waals surface area (Å²) in [5, 5.41) is 14.0. The summed E-state index contributed by atoms with van der Waals surface area (Å²) < 4.78 is 37.3. The maximum atomic E-state index is 14.3. The topological polar surface area (TPSA) is 127 Å². The van der Waals surface area contributed by atoms with Gasteiger partial charge in [0.15, 0.2) is 0 Å². The highest BCUT2D eigenvalue weighted by atomic mass is 32.2. The molecule has 2 aromatic carbocycles. The molecule has 10 nitrogen and oxygen atoms in total. The number of nitrogens with zero attached hydrogens (tertiary/aromatic N) is 4. The number of alkyl carbamates (subject to hydrolysis) is 1. The van der Waals surface area contributed by atoms with Crippen molar-refractivity contribution in [1.29, 1.82) is 0 Å². The number of amides is 1. The van der Waals surface area contributed by atoms with Gasteiger partial charge in [-0.15, -0.1) is 11.3 Å². The summed E-state index contributed by atoms with van der Waals surface area (Å²) in [4.78, 5) is 21.7. The number of sulfonamides is 1. The first kappa shape index (κ1) is 31.6. The highest BCUT2D eigenvalue weighted by Crippen LogP contribution is 2.27. The van der Waals surface area contributed by atoms with E-state index >= 15 is 0 Å². The Kier molecular flexibility index (Phi) is 10.7. The molecule has 0 saturated carbocycles. The Morgan fingerprint density at radius 2 is 1.88 bits per heavy atom. The molecule has 0 saturated heterocycles. The molecular weight excluding hydrogens is 574 g/mol. The smallest absolute Gasteiger partial charge is 0.407 e. The zero-order valence-corrected chi connectivity index (χ0v) is 26.0. The largest absolute Gasteiger partial charge is 0.444 e. The van der Waals surface area contributed by atoms with E-state index < -0.39 is 28.3 Å². The van der Waals surface area contributed by atoms with E-state index in [0.29, 0.717) is 18.0 Å². The van der Waals surface area contributed by atoms with Gasteiger partial charge in [0.1, 0.15) is 6.61 Å². The second kappa shape index (κ2) is 14.2. The molecule has 0 fully saturated rings. The maximum absolute atomic E-state index is 14.3. The summed E-state index contributed by atoms with van der Waals surface area (Å²) in [5.74, 6) is 0.324. The highest BCUT2D eigenvalue weighted by molar-refractivity contribution is 7.89. The Balaban J connectivity index is 1.63. The van der Waals surface area contributed by atoms with Crippen LogP contribution in [0, 0.1) is 11.8 Å². The average molecular weight is 614 g/mol. The van der Waals surface area contributed by atoms with Crippen LogP contribution >= 0.6 is 11.3 Å². The number of thiazole rings is 1. The molecule has 2 unspecified atom stereocenters. The van der Waals surface area contributed by atoms with Crippen LogP contribution in [-0.4, -0.2) is 63.7 Å². The van der Waals surface area contributed by atoms with Crippen LogP contribution in [0.1, 0.15) is 38.1 Å². The standard InChI is InChI=1S/C30H39N5O5S2/c1-21(2)16-34-19-33-26-11-10-25(13-27(26)34)42(38,39)35(17-22(3)4)28(12-23-8-6-5-7-9-23)29(36)15-32-30(37)40-18-24-14-31-20-41-24/h5-11,13-14,19-22,28-29,36H,12,15-18H2,1-4H3,(H,32,37). The van der Waals surface area contributed by atoms with Crippen molar-refractivity contribution in [1.82, 2.24) is 24.2 Å². The Labute approximate surface area is 251 Å². The molecule has 2 heterocycles. The molecule has 4 rings (SSSR count). The molecule has 0 spiro atoms. The van der Waals surface area contributed by atoms with E-state index in [1.54, 1.807) is 36.2 Å². The van der Waals surface area contributed by atoms with Crippen molar-refractivity contribution in [3.8, 4) is 0 Å². The van der Waals surface area contributed by atoms with Crippen molar-refractivity contribution in [3.63, 3.8) is 0 Å². The summed E-state index contributed by atoms with van der Waals surface area (Å²) in [5.41, 5.74) is 3.96. The van der Waals surface area contributed by atoms with Crippen molar-refractivity contribution >= 4 is 38.5 Å². The van der Waals surface area contributed by atoms with Crippen LogP contribution in [0.4, 0.5) is 4.79 Å². The van der Waals surface area contributed by atoms with Gasteiger partial charge in [-0.3, -0.25) is 4.98 Å². The lowest BCUT2D eigenvalue weighted by Gasteiger charge is -2.35. The van der Waals surface area contributed by atoms with Gasteiger partial charge in [0.05, 0.1) is 44.8 Å². The molecule has 226 valence electrons. The van der Waals surface area contributed by atoms with E-state index in [0.717, 1.165) is 16.0 Å². The first-order valence-electron chi connectivity index (χ1n) is 14.0. The predicted octanol–water partition coefficient (Wildman–Crippen LogP) is 4.69. The minimum absolute atomic E-state index is 0.0298. The van der Waals surface area contributed by atoms with Crippen molar-refractivity contribution in [3.05, 3.63) is 77.0 Å².